The maximum absolute atomic E-state index is 12.9. The number of carbonyl (C=O) groups is 2. The molecular formula is C26H34N4O3. The Morgan fingerprint density at radius 3 is 2.61 bits per heavy atom. The molecule has 1 saturated carbocycles. The van der Waals surface area contributed by atoms with Gasteiger partial charge in [-0.1, -0.05) is 36.8 Å². The van der Waals surface area contributed by atoms with Gasteiger partial charge in [0.15, 0.2) is 0 Å². The summed E-state index contributed by atoms with van der Waals surface area (Å²) in [5.41, 5.74) is 3.06. The summed E-state index contributed by atoms with van der Waals surface area (Å²) in [5.74, 6) is 4.69. The van der Waals surface area contributed by atoms with Gasteiger partial charge in [0.1, 0.15) is 12.1 Å². The smallest absolute Gasteiger partial charge is 0.329 e. The van der Waals surface area contributed by atoms with Gasteiger partial charge in [-0.3, -0.25) is 9.78 Å². The SMILES string of the molecule is NN=Cc1ccc(CCCCC(=O)NC(Cc2cccnc2)C(=O)OC2CCCCC2)cc1. The van der Waals surface area contributed by atoms with Gasteiger partial charge in [0.2, 0.25) is 5.91 Å². The summed E-state index contributed by atoms with van der Waals surface area (Å²) in [4.78, 5) is 29.6. The molecule has 7 heteroatoms. The monoisotopic (exact) mass is 450 g/mol. The summed E-state index contributed by atoms with van der Waals surface area (Å²) >= 11 is 0. The van der Waals surface area contributed by atoms with Gasteiger partial charge in [-0.15, -0.1) is 0 Å². The highest BCUT2D eigenvalue weighted by atomic mass is 16.5. The molecule has 3 N–H and O–H groups in total. The van der Waals surface area contributed by atoms with Crippen molar-refractivity contribution >= 4 is 18.1 Å². The predicted octanol–water partition coefficient (Wildman–Crippen LogP) is 3.69. The van der Waals surface area contributed by atoms with Crippen LogP contribution >= 0.6 is 0 Å². The van der Waals surface area contributed by atoms with Gasteiger partial charge in [-0.2, -0.15) is 5.10 Å². The molecule has 0 saturated heterocycles. The van der Waals surface area contributed by atoms with Crippen molar-refractivity contribution < 1.29 is 14.3 Å². The zero-order valence-corrected chi connectivity index (χ0v) is 19.1. The fourth-order valence-electron chi connectivity index (χ4n) is 4.11. The van der Waals surface area contributed by atoms with Gasteiger partial charge in [0, 0.05) is 25.2 Å². The molecule has 1 aromatic heterocycles. The van der Waals surface area contributed by atoms with E-state index < -0.39 is 6.04 Å². The molecule has 0 spiro atoms. The van der Waals surface area contributed by atoms with E-state index in [4.69, 9.17) is 10.6 Å². The average Bonchev–Trinajstić information content (AvgIpc) is 2.84. The largest absolute Gasteiger partial charge is 0.461 e. The molecule has 1 aliphatic carbocycles. The second kappa shape index (κ2) is 13.4. The summed E-state index contributed by atoms with van der Waals surface area (Å²) in [6.07, 6.45) is 13.4. The first-order valence-corrected chi connectivity index (χ1v) is 11.8. The molecule has 1 fully saturated rings. The Morgan fingerprint density at radius 1 is 1.12 bits per heavy atom. The number of pyridine rings is 1. The standard InChI is InChI=1S/C26H34N4O3/c27-29-19-21-14-12-20(13-15-21)7-4-5-11-25(31)30-24(17-22-8-6-16-28-18-22)26(32)33-23-9-2-1-3-10-23/h6,8,12-16,18-19,23-24H,1-5,7,9-11,17,27H2,(H,30,31). The number of hydrogen-bond acceptors (Lipinski definition) is 6. The number of nitrogens with zero attached hydrogens (tertiary/aromatic N) is 2. The van der Waals surface area contributed by atoms with Crippen molar-refractivity contribution in [1.29, 1.82) is 0 Å². The van der Waals surface area contributed by atoms with Crippen LogP contribution in [0.2, 0.25) is 0 Å². The molecule has 0 bridgehead atoms. The van der Waals surface area contributed by atoms with Crippen molar-refractivity contribution in [3.05, 3.63) is 65.5 Å². The van der Waals surface area contributed by atoms with E-state index in [1.54, 1.807) is 18.6 Å². The fourth-order valence-corrected chi connectivity index (χ4v) is 4.11. The lowest BCUT2D eigenvalue weighted by Gasteiger charge is -2.25. The van der Waals surface area contributed by atoms with Crippen LogP contribution in [-0.4, -0.2) is 35.2 Å². The topological polar surface area (TPSA) is 107 Å². The van der Waals surface area contributed by atoms with E-state index in [9.17, 15) is 9.59 Å². The Morgan fingerprint density at radius 2 is 1.91 bits per heavy atom. The van der Waals surface area contributed by atoms with Crippen LogP contribution in [0.15, 0.2) is 53.9 Å². The first kappa shape index (κ1) is 24.4. The van der Waals surface area contributed by atoms with Crippen molar-refractivity contribution in [2.75, 3.05) is 0 Å². The third kappa shape index (κ3) is 8.67. The maximum Gasteiger partial charge on any atom is 0.329 e. The maximum atomic E-state index is 12.9. The van der Waals surface area contributed by atoms with Gasteiger partial charge >= 0.3 is 5.97 Å². The van der Waals surface area contributed by atoms with Crippen LogP contribution in [0.5, 0.6) is 0 Å². The zero-order valence-electron chi connectivity index (χ0n) is 19.1. The summed E-state index contributed by atoms with van der Waals surface area (Å²) in [6, 6.07) is 11.1. The van der Waals surface area contributed by atoms with Gasteiger partial charge in [0.25, 0.3) is 0 Å². The normalized spacial score (nSPS) is 15.3. The second-order valence-corrected chi connectivity index (χ2v) is 8.61. The molecular weight excluding hydrogens is 416 g/mol. The Hall–Kier alpha value is -3.22. The van der Waals surface area contributed by atoms with E-state index in [0.29, 0.717) is 12.8 Å². The molecule has 2 aromatic rings. The van der Waals surface area contributed by atoms with Crippen LogP contribution in [0.4, 0.5) is 0 Å². The number of aryl methyl sites for hydroxylation is 1. The van der Waals surface area contributed by atoms with E-state index in [2.05, 4.69) is 15.4 Å². The van der Waals surface area contributed by atoms with Gasteiger partial charge in [0.05, 0.1) is 6.21 Å². The van der Waals surface area contributed by atoms with Gasteiger partial charge in [-0.25, -0.2) is 4.79 Å². The van der Waals surface area contributed by atoms with Crippen LogP contribution in [0.25, 0.3) is 0 Å². The number of unbranched alkanes of at least 4 members (excludes halogenated alkanes) is 1. The van der Waals surface area contributed by atoms with E-state index in [0.717, 1.165) is 56.1 Å². The molecule has 176 valence electrons. The van der Waals surface area contributed by atoms with Crippen LogP contribution in [-0.2, 0) is 27.2 Å². The lowest BCUT2D eigenvalue weighted by Crippen LogP contribution is -2.44. The van der Waals surface area contributed by atoms with E-state index in [-0.39, 0.29) is 18.0 Å². The molecule has 1 heterocycles. The highest BCUT2D eigenvalue weighted by Crippen LogP contribution is 2.21. The van der Waals surface area contributed by atoms with Gasteiger partial charge in [-0.05, 0) is 67.7 Å². The minimum atomic E-state index is -0.694. The molecule has 33 heavy (non-hydrogen) atoms. The molecule has 7 nitrogen and oxygen atoms in total. The number of esters is 1. The first-order valence-electron chi connectivity index (χ1n) is 11.8. The number of hydrogen-bond donors (Lipinski definition) is 2. The van der Waals surface area contributed by atoms with Crippen molar-refractivity contribution in [3.8, 4) is 0 Å². The lowest BCUT2D eigenvalue weighted by molar-refractivity contribution is -0.154. The number of benzene rings is 1. The van der Waals surface area contributed by atoms with Crippen LogP contribution in [0.1, 0.15) is 68.1 Å². The number of carbonyl (C=O) groups excluding carboxylic acids is 2. The highest BCUT2D eigenvalue weighted by Gasteiger charge is 2.26. The molecule has 0 radical (unpaired) electrons. The quantitative estimate of drug-likeness (QED) is 0.179. The van der Waals surface area contributed by atoms with Crippen molar-refractivity contribution in [2.24, 2.45) is 10.9 Å². The first-order chi connectivity index (χ1) is 16.1. The minimum absolute atomic E-state index is 0.0398. The van der Waals surface area contributed by atoms with Crippen molar-refractivity contribution in [3.63, 3.8) is 0 Å². The van der Waals surface area contributed by atoms with E-state index in [1.807, 2.05) is 36.4 Å². The molecule has 3 rings (SSSR count). The van der Waals surface area contributed by atoms with E-state index >= 15 is 0 Å². The Balaban J connectivity index is 1.47. The molecule has 1 aliphatic rings. The van der Waals surface area contributed by atoms with Crippen molar-refractivity contribution in [1.82, 2.24) is 10.3 Å². The molecule has 1 atom stereocenters. The summed E-state index contributed by atoms with van der Waals surface area (Å²) < 4.78 is 5.75. The fraction of sp³-hybridized carbons (Fsp3) is 0.462. The van der Waals surface area contributed by atoms with Crippen LogP contribution in [0, 0.1) is 0 Å². The molecule has 1 unspecified atom stereocenters. The summed E-state index contributed by atoms with van der Waals surface area (Å²) in [6.45, 7) is 0. The molecule has 1 aromatic carbocycles. The molecule has 1 amide bonds. The average molecular weight is 451 g/mol. The number of nitrogens with one attached hydrogen (secondary N) is 1. The number of hydrazone groups is 1. The number of rotatable bonds is 11. The van der Waals surface area contributed by atoms with Crippen LogP contribution < -0.4 is 11.2 Å². The lowest BCUT2D eigenvalue weighted by atomic mass is 9.97. The number of amides is 1. The summed E-state index contributed by atoms with van der Waals surface area (Å²) in [7, 11) is 0. The number of ether oxygens (including phenoxy) is 1. The van der Waals surface area contributed by atoms with Crippen LogP contribution in [0.3, 0.4) is 0 Å². The Labute approximate surface area is 195 Å². The third-order valence-corrected chi connectivity index (χ3v) is 5.94. The predicted molar refractivity (Wildman–Crippen MR) is 129 cm³/mol. The third-order valence-electron chi connectivity index (χ3n) is 5.94. The summed E-state index contributed by atoms with van der Waals surface area (Å²) in [5, 5.41) is 6.43. The minimum Gasteiger partial charge on any atom is -0.461 e. The Bertz CT molecular complexity index is 894. The number of aromatic nitrogens is 1. The van der Waals surface area contributed by atoms with Gasteiger partial charge < -0.3 is 15.9 Å². The Kier molecular flexibility index (Phi) is 9.88. The number of nitrogens with two attached hydrogens (primary N) is 1. The second-order valence-electron chi connectivity index (χ2n) is 8.61. The van der Waals surface area contributed by atoms with Crippen molar-refractivity contribution in [2.45, 2.75) is 76.4 Å². The van der Waals surface area contributed by atoms with E-state index in [1.165, 1.54) is 12.0 Å². The highest BCUT2D eigenvalue weighted by molar-refractivity contribution is 5.84. The molecule has 0 aliphatic heterocycles. The zero-order chi connectivity index (χ0) is 23.3.